The zero-order valence-electron chi connectivity index (χ0n) is 49.4. The van der Waals surface area contributed by atoms with Crippen molar-refractivity contribution >= 4 is 11.9 Å². The molecule has 1 aliphatic heterocycles. The molecule has 11 heteroatoms. The number of carbonyl (C=O) groups excluding carboxylic acids is 2. The molecular formula is C68H111NO10. The number of hydrogen-bond donors (Lipinski definition) is 6. The second-order valence-corrected chi connectivity index (χ2v) is 20.8. The van der Waals surface area contributed by atoms with E-state index < -0.39 is 67.4 Å². The van der Waals surface area contributed by atoms with Crippen LogP contribution in [-0.4, -0.2) is 99.6 Å². The third kappa shape index (κ3) is 42.3. The number of nitrogens with one attached hydrogen (secondary N) is 1. The van der Waals surface area contributed by atoms with Crippen LogP contribution in [0.4, 0.5) is 0 Å². The summed E-state index contributed by atoms with van der Waals surface area (Å²) in [4.78, 5) is 26.5. The van der Waals surface area contributed by atoms with Crippen molar-refractivity contribution in [3.05, 3.63) is 134 Å². The lowest BCUT2D eigenvalue weighted by Crippen LogP contribution is -2.61. The molecule has 8 unspecified atom stereocenters. The molecule has 0 saturated carbocycles. The maximum atomic E-state index is 13.3. The molecule has 0 aromatic rings. The molecule has 79 heavy (non-hydrogen) atoms. The van der Waals surface area contributed by atoms with Crippen molar-refractivity contribution in [2.45, 2.75) is 269 Å². The van der Waals surface area contributed by atoms with Gasteiger partial charge in [-0.1, -0.05) is 264 Å². The Morgan fingerprint density at radius 1 is 0.519 bits per heavy atom. The van der Waals surface area contributed by atoms with E-state index in [0.29, 0.717) is 12.8 Å². The molecule has 0 aromatic carbocycles. The number of hydrogen-bond acceptors (Lipinski definition) is 10. The average Bonchev–Trinajstić information content (AvgIpc) is 3.47. The first-order chi connectivity index (χ1) is 38.7. The maximum absolute atomic E-state index is 13.3. The fraction of sp³-hybridized carbons (Fsp3) is 0.647. The molecule has 0 radical (unpaired) electrons. The van der Waals surface area contributed by atoms with Crippen molar-refractivity contribution in [1.82, 2.24) is 5.32 Å². The van der Waals surface area contributed by atoms with Crippen LogP contribution >= 0.6 is 0 Å². The van der Waals surface area contributed by atoms with Crippen molar-refractivity contribution in [1.29, 1.82) is 0 Å². The Kier molecular flexibility index (Phi) is 50.1. The first kappa shape index (κ1) is 72.8. The SMILES string of the molecule is CC/C=C\C/C=C\C/C=C\C/C=C\C/C=C\CCCCCCCCCCCCCC(=O)OC1C(OCC(NC(=O)C(O)CC/C=C/C=C\C=C/C=C/C=C/CC)C(O)/C=C/CCCCCCCCCCC)OC(CO)C(O)C1O. The summed E-state index contributed by atoms with van der Waals surface area (Å²) in [5.74, 6) is -1.29. The van der Waals surface area contributed by atoms with Crippen LogP contribution in [0.5, 0.6) is 0 Å². The van der Waals surface area contributed by atoms with Crippen LogP contribution in [-0.2, 0) is 23.8 Å². The summed E-state index contributed by atoms with van der Waals surface area (Å²) < 4.78 is 17.6. The summed E-state index contributed by atoms with van der Waals surface area (Å²) in [5, 5.41) is 56.7. The number of allylic oxidation sites excluding steroid dienone is 21. The van der Waals surface area contributed by atoms with Crippen LogP contribution < -0.4 is 5.32 Å². The van der Waals surface area contributed by atoms with Crippen molar-refractivity contribution in [2.24, 2.45) is 0 Å². The molecule has 0 bridgehead atoms. The van der Waals surface area contributed by atoms with E-state index >= 15 is 0 Å². The van der Waals surface area contributed by atoms with Crippen LogP contribution in [0.3, 0.4) is 0 Å². The highest BCUT2D eigenvalue weighted by Gasteiger charge is 2.47. The molecule has 1 fully saturated rings. The zero-order valence-corrected chi connectivity index (χ0v) is 49.4. The minimum atomic E-state index is -1.64. The molecule has 1 aliphatic rings. The van der Waals surface area contributed by atoms with E-state index in [2.05, 4.69) is 92.9 Å². The molecule has 1 saturated heterocycles. The van der Waals surface area contributed by atoms with E-state index in [1.54, 1.807) is 6.08 Å². The largest absolute Gasteiger partial charge is 0.454 e. The quantitative estimate of drug-likeness (QED) is 0.0149. The van der Waals surface area contributed by atoms with Gasteiger partial charge >= 0.3 is 5.97 Å². The lowest BCUT2D eigenvalue weighted by atomic mass is 9.99. The van der Waals surface area contributed by atoms with Crippen LogP contribution in [0.1, 0.15) is 220 Å². The minimum Gasteiger partial charge on any atom is -0.454 e. The number of ether oxygens (including phenoxy) is 3. The Morgan fingerprint density at radius 3 is 1.49 bits per heavy atom. The standard InChI is InChI=1S/C68H111NO10/c1-4-7-10-13-16-19-22-24-25-26-27-28-29-30-31-32-33-34-35-36-37-38-41-44-47-50-53-56-63(73)79-66-65(75)64(74)62(57-70)78-68(66)77-58-59(60(71)54-51-48-45-42-39-21-18-15-12-9-6-3)69-67(76)61(72)55-52-49-46-43-40-23-20-17-14-11-8-5-2/h7-8,10-11,14,16-17,19-20,23-25,27-28,30-31,40,43,46,49,51,54,59-62,64-66,68,70-72,74-75H,4-6,9,12-13,15,18,21-22,26,29,32-39,41-42,44-45,47-48,50,52-53,55-58H2,1-3H3,(H,69,76)/b10-7-,11-8+,17-14+,19-16-,23-20-,25-24-,28-27-,31-30-,43-40-,49-46+,54-51+. The van der Waals surface area contributed by atoms with Gasteiger partial charge in [-0.25, -0.2) is 0 Å². The molecule has 0 aromatic heterocycles. The van der Waals surface area contributed by atoms with E-state index in [4.69, 9.17) is 14.2 Å². The fourth-order valence-corrected chi connectivity index (χ4v) is 8.82. The van der Waals surface area contributed by atoms with Crippen molar-refractivity contribution in [3.63, 3.8) is 0 Å². The Hall–Kier alpha value is -4.20. The highest BCUT2D eigenvalue weighted by molar-refractivity contribution is 5.80. The van der Waals surface area contributed by atoms with Gasteiger partial charge in [0.25, 0.3) is 0 Å². The highest BCUT2D eigenvalue weighted by atomic mass is 16.7. The Morgan fingerprint density at radius 2 is 0.975 bits per heavy atom. The molecule has 1 rings (SSSR count). The molecule has 448 valence electrons. The molecule has 8 atom stereocenters. The molecule has 0 aliphatic carbocycles. The van der Waals surface area contributed by atoms with E-state index in [-0.39, 0.29) is 19.4 Å². The average molecular weight is 1100 g/mol. The summed E-state index contributed by atoms with van der Waals surface area (Å²) in [6.07, 6.45) is 66.6. The molecule has 1 heterocycles. The summed E-state index contributed by atoms with van der Waals surface area (Å²) in [6, 6.07) is -1.07. The van der Waals surface area contributed by atoms with E-state index in [1.807, 2.05) is 60.8 Å². The first-order valence-corrected chi connectivity index (χ1v) is 31.0. The number of esters is 1. The van der Waals surface area contributed by atoms with E-state index in [9.17, 15) is 35.1 Å². The molecular weight excluding hydrogens is 991 g/mol. The topological polar surface area (TPSA) is 175 Å². The lowest BCUT2D eigenvalue weighted by molar-refractivity contribution is -0.305. The van der Waals surface area contributed by atoms with Crippen LogP contribution in [0.15, 0.2) is 134 Å². The van der Waals surface area contributed by atoms with Gasteiger partial charge in [-0.2, -0.15) is 0 Å². The monoisotopic (exact) mass is 1100 g/mol. The smallest absolute Gasteiger partial charge is 0.306 e. The van der Waals surface area contributed by atoms with E-state index in [1.165, 1.54) is 77.0 Å². The number of amides is 1. The van der Waals surface area contributed by atoms with Gasteiger partial charge in [0.05, 0.1) is 25.4 Å². The molecule has 0 spiro atoms. The fourth-order valence-electron chi connectivity index (χ4n) is 8.82. The number of unbranched alkanes of at least 4 members (excludes halogenated alkanes) is 20. The summed E-state index contributed by atoms with van der Waals surface area (Å²) in [6.45, 7) is 5.45. The van der Waals surface area contributed by atoms with Crippen LogP contribution in [0.25, 0.3) is 0 Å². The van der Waals surface area contributed by atoms with Crippen molar-refractivity contribution in [3.8, 4) is 0 Å². The van der Waals surface area contributed by atoms with Gasteiger partial charge < -0.3 is 45.1 Å². The van der Waals surface area contributed by atoms with Gasteiger partial charge in [0.1, 0.15) is 24.4 Å². The van der Waals surface area contributed by atoms with Gasteiger partial charge in [0, 0.05) is 6.42 Å². The van der Waals surface area contributed by atoms with Crippen molar-refractivity contribution < 1.29 is 49.3 Å². The minimum absolute atomic E-state index is 0.103. The summed E-state index contributed by atoms with van der Waals surface area (Å²) in [7, 11) is 0. The second-order valence-electron chi connectivity index (χ2n) is 20.8. The third-order valence-electron chi connectivity index (χ3n) is 13.7. The highest BCUT2D eigenvalue weighted by Crippen LogP contribution is 2.26. The third-order valence-corrected chi connectivity index (χ3v) is 13.7. The Balaban J connectivity index is 2.60. The van der Waals surface area contributed by atoms with Gasteiger partial charge in [-0.05, 0) is 83.5 Å². The number of aliphatic hydroxyl groups is 5. The van der Waals surface area contributed by atoms with Gasteiger partial charge in [-0.3, -0.25) is 9.59 Å². The van der Waals surface area contributed by atoms with Crippen molar-refractivity contribution in [2.75, 3.05) is 13.2 Å². The van der Waals surface area contributed by atoms with Gasteiger partial charge in [-0.15, -0.1) is 0 Å². The number of rotatable bonds is 50. The molecule has 11 nitrogen and oxygen atoms in total. The predicted octanol–water partition coefficient (Wildman–Crippen LogP) is 14.8. The van der Waals surface area contributed by atoms with Crippen LogP contribution in [0.2, 0.25) is 0 Å². The Bertz CT molecular complexity index is 1790. The normalized spacial score (nSPS) is 19.8. The first-order valence-electron chi connectivity index (χ1n) is 31.0. The lowest BCUT2D eigenvalue weighted by Gasteiger charge is -2.41. The zero-order chi connectivity index (χ0) is 57.5. The second kappa shape index (κ2) is 54.4. The summed E-state index contributed by atoms with van der Waals surface area (Å²) in [5.41, 5.74) is 0. The Labute approximate surface area is 480 Å². The van der Waals surface area contributed by atoms with Gasteiger partial charge in [0.15, 0.2) is 12.4 Å². The van der Waals surface area contributed by atoms with Crippen LogP contribution in [0, 0.1) is 0 Å². The van der Waals surface area contributed by atoms with E-state index in [0.717, 1.165) is 96.3 Å². The maximum Gasteiger partial charge on any atom is 0.306 e. The number of carbonyl (C=O) groups is 2. The number of aliphatic hydroxyl groups excluding tert-OH is 5. The molecule has 1 amide bonds. The predicted molar refractivity (Wildman–Crippen MR) is 328 cm³/mol. The van der Waals surface area contributed by atoms with Gasteiger partial charge in [0.2, 0.25) is 5.91 Å². The molecule has 6 N–H and O–H groups in total. The summed E-state index contributed by atoms with van der Waals surface area (Å²) >= 11 is 0.